The molecule has 1 N–H and O–H groups in total. The number of rotatable bonds is 2. The van der Waals surface area contributed by atoms with E-state index in [-0.39, 0.29) is 5.91 Å². The number of likely N-dealkylation sites (tertiary alicyclic amines) is 1. The van der Waals surface area contributed by atoms with Gasteiger partial charge < -0.3 is 19.5 Å². The highest BCUT2D eigenvalue weighted by Gasteiger charge is 2.43. The molecule has 2 aliphatic rings. The van der Waals surface area contributed by atoms with Crippen molar-refractivity contribution in [3.63, 3.8) is 0 Å². The van der Waals surface area contributed by atoms with Gasteiger partial charge in [-0.05, 0) is 43.0 Å². The van der Waals surface area contributed by atoms with E-state index in [1.165, 1.54) is 0 Å². The van der Waals surface area contributed by atoms with E-state index in [0.717, 1.165) is 41.6 Å². The van der Waals surface area contributed by atoms with Crippen molar-refractivity contribution in [1.29, 1.82) is 0 Å². The quantitative estimate of drug-likeness (QED) is 0.719. The standard InChI is InChI=1S/C21H24N6O2/c1-26(2)20-23-13-14-5-11-29-21(18(14)25-20)6-9-27(10-7-21)19(28)17-12-16-15(24-17)4-3-8-22-16/h3-4,8,12-13,24H,5-7,9-11H2,1-2H3. The topological polar surface area (TPSA) is 87.2 Å². The SMILES string of the molecule is CN(C)c1ncc2c(n1)C1(CCN(C(=O)c3cc4ncccc4[nH]3)CC1)OCC2. The minimum atomic E-state index is -0.430. The van der Waals surface area contributed by atoms with Crippen molar-refractivity contribution in [3.8, 4) is 0 Å². The summed E-state index contributed by atoms with van der Waals surface area (Å²) in [6.07, 6.45) is 5.95. The van der Waals surface area contributed by atoms with Gasteiger partial charge in [-0.1, -0.05) is 0 Å². The first kappa shape index (κ1) is 18.1. The van der Waals surface area contributed by atoms with Crippen LogP contribution in [-0.4, -0.2) is 64.5 Å². The Morgan fingerprint density at radius 2 is 2.10 bits per heavy atom. The molecule has 1 saturated heterocycles. The van der Waals surface area contributed by atoms with Gasteiger partial charge in [0.1, 0.15) is 11.3 Å². The minimum absolute atomic E-state index is 0.00514. The number of ether oxygens (including phenoxy) is 1. The zero-order valence-electron chi connectivity index (χ0n) is 16.7. The van der Waals surface area contributed by atoms with Gasteiger partial charge in [0.15, 0.2) is 0 Å². The van der Waals surface area contributed by atoms with Crippen LogP contribution in [0.25, 0.3) is 11.0 Å². The number of pyridine rings is 1. The molecule has 0 saturated carbocycles. The first-order valence-corrected chi connectivity index (χ1v) is 9.96. The van der Waals surface area contributed by atoms with Crippen LogP contribution in [0.4, 0.5) is 5.95 Å². The van der Waals surface area contributed by atoms with Gasteiger partial charge in [0.25, 0.3) is 5.91 Å². The summed E-state index contributed by atoms with van der Waals surface area (Å²) in [6.45, 7) is 1.92. The number of hydrogen-bond donors (Lipinski definition) is 1. The summed E-state index contributed by atoms with van der Waals surface area (Å²) in [4.78, 5) is 33.6. The van der Waals surface area contributed by atoms with Crippen molar-refractivity contribution in [2.75, 3.05) is 38.7 Å². The lowest BCUT2D eigenvalue weighted by Crippen LogP contribution is -2.49. The highest BCUT2D eigenvalue weighted by atomic mass is 16.5. The molecule has 0 radical (unpaired) electrons. The number of aromatic amines is 1. The fraction of sp³-hybridized carbons (Fsp3) is 0.429. The van der Waals surface area contributed by atoms with E-state index in [0.29, 0.717) is 31.3 Å². The van der Waals surface area contributed by atoms with Crippen molar-refractivity contribution in [3.05, 3.63) is 47.5 Å². The van der Waals surface area contributed by atoms with Crippen LogP contribution in [0, 0.1) is 0 Å². The van der Waals surface area contributed by atoms with Crippen LogP contribution < -0.4 is 4.90 Å². The second kappa shape index (κ2) is 6.81. The fourth-order valence-electron chi connectivity index (χ4n) is 4.31. The maximum Gasteiger partial charge on any atom is 0.270 e. The Hall–Kier alpha value is -3.00. The highest BCUT2D eigenvalue weighted by molar-refractivity contribution is 5.97. The van der Waals surface area contributed by atoms with Gasteiger partial charge in [0, 0.05) is 39.6 Å². The van der Waals surface area contributed by atoms with Crippen LogP contribution in [0.15, 0.2) is 30.6 Å². The summed E-state index contributed by atoms with van der Waals surface area (Å²) in [7, 11) is 3.88. The first-order chi connectivity index (χ1) is 14.1. The van der Waals surface area contributed by atoms with Crippen LogP contribution in [0.2, 0.25) is 0 Å². The summed E-state index contributed by atoms with van der Waals surface area (Å²) in [6, 6.07) is 5.61. The maximum atomic E-state index is 13.0. The molecule has 8 heteroatoms. The summed E-state index contributed by atoms with van der Waals surface area (Å²) >= 11 is 0. The Balaban J connectivity index is 1.38. The molecule has 29 heavy (non-hydrogen) atoms. The lowest BCUT2D eigenvalue weighted by atomic mass is 9.83. The van der Waals surface area contributed by atoms with Gasteiger partial charge in [-0.25, -0.2) is 9.97 Å². The number of piperidine rings is 1. The van der Waals surface area contributed by atoms with Crippen LogP contribution in [-0.2, 0) is 16.8 Å². The van der Waals surface area contributed by atoms with E-state index in [9.17, 15) is 4.79 Å². The number of carbonyl (C=O) groups excluding carboxylic acids is 1. The molecule has 0 atom stereocenters. The number of fused-ring (bicyclic) bond motifs is 3. The third-order valence-corrected chi connectivity index (χ3v) is 5.91. The largest absolute Gasteiger partial charge is 0.368 e. The summed E-state index contributed by atoms with van der Waals surface area (Å²) in [5, 5.41) is 0. The molecule has 3 aromatic heterocycles. The second-order valence-corrected chi connectivity index (χ2v) is 7.94. The van der Waals surface area contributed by atoms with E-state index >= 15 is 0 Å². The summed E-state index contributed by atoms with van der Waals surface area (Å²) < 4.78 is 6.28. The van der Waals surface area contributed by atoms with Crippen LogP contribution >= 0.6 is 0 Å². The summed E-state index contributed by atoms with van der Waals surface area (Å²) in [5.41, 5.74) is 3.98. The van der Waals surface area contributed by atoms with Crippen molar-refractivity contribution < 1.29 is 9.53 Å². The van der Waals surface area contributed by atoms with Crippen molar-refractivity contribution >= 4 is 22.9 Å². The van der Waals surface area contributed by atoms with Crippen molar-refractivity contribution in [1.82, 2.24) is 24.8 Å². The van der Waals surface area contributed by atoms with Crippen molar-refractivity contribution in [2.45, 2.75) is 24.9 Å². The van der Waals surface area contributed by atoms with Gasteiger partial charge >= 0.3 is 0 Å². The second-order valence-electron chi connectivity index (χ2n) is 7.94. The molecule has 0 unspecified atom stereocenters. The molecule has 150 valence electrons. The number of anilines is 1. The van der Waals surface area contributed by atoms with E-state index in [1.807, 2.05) is 48.3 Å². The molecule has 0 bridgehead atoms. The van der Waals surface area contributed by atoms with E-state index in [2.05, 4.69) is 15.0 Å². The van der Waals surface area contributed by atoms with Crippen LogP contribution in [0.3, 0.4) is 0 Å². The average molecular weight is 392 g/mol. The predicted molar refractivity (Wildman–Crippen MR) is 109 cm³/mol. The minimum Gasteiger partial charge on any atom is -0.368 e. The molecule has 8 nitrogen and oxygen atoms in total. The molecule has 1 fully saturated rings. The predicted octanol–water partition coefficient (Wildman–Crippen LogP) is 2.12. The number of aromatic nitrogens is 4. The molecule has 2 aliphatic heterocycles. The van der Waals surface area contributed by atoms with Crippen molar-refractivity contribution in [2.24, 2.45) is 0 Å². The van der Waals surface area contributed by atoms with Gasteiger partial charge in [0.05, 0.1) is 23.3 Å². The third kappa shape index (κ3) is 3.04. The van der Waals surface area contributed by atoms with Gasteiger partial charge in [-0.3, -0.25) is 9.78 Å². The van der Waals surface area contributed by atoms with Gasteiger partial charge in [-0.2, -0.15) is 0 Å². The Bertz CT molecular complexity index is 1030. The number of carbonyl (C=O) groups is 1. The average Bonchev–Trinajstić information content (AvgIpc) is 3.18. The third-order valence-electron chi connectivity index (χ3n) is 5.91. The molecule has 5 heterocycles. The number of amides is 1. The molecule has 1 amide bonds. The van der Waals surface area contributed by atoms with Crippen LogP contribution in [0.1, 0.15) is 34.6 Å². The number of nitrogens with zero attached hydrogens (tertiary/aromatic N) is 5. The Morgan fingerprint density at radius 3 is 2.86 bits per heavy atom. The number of hydrogen-bond acceptors (Lipinski definition) is 6. The van der Waals surface area contributed by atoms with Gasteiger partial charge in [-0.15, -0.1) is 0 Å². The molecular formula is C21H24N6O2. The molecule has 0 aromatic carbocycles. The monoisotopic (exact) mass is 392 g/mol. The zero-order valence-corrected chi connectivity index (χ0v) is 16.7. The molecule has 5 rings (SSSR count). The Kier molecular flexibility index (Phi) is 4.24. The number of nitrogens with one attached hydrogen (secondary N) is 1. The Labute approximate surface area is 168 Å². The highest BCUT2D eigenvalue weighted by Crippen LogP contribution is 2.41. The van der Waals surface area contributed by atoms with Crippen LogP contribution in [0.5, 0.6) is 0 Å². The molecular weight excluding hydrogens is 368 g/mol. The van der Waals surface area contributed by atoms with Gasteiger partial charge in [0.2, 0.25) is 5.95 Å². The van der Waals surface area contributed by atoms with E-state index in [1.54, 1.807) is 6.20 Å². The van der Waals surface area contributed by atoms with E-state index < -0.39 is 5.60 Å². The normalized spacial score (nSPS) is 18.1. The Morgan fingerprint density at radius 1 is 1.28 bits per heavy atom. The first-order valence-electron chi connectivity index (χ1n) is 9.96. The smallest absolute Gasteiger partial charge is 0.270 e. The van der Waals surface area contributed by atoms with E-state index in [4.69, 9.17) is 9.72 Å². The lowest BCUT2D eigenvalue weighted by molar-refractivity contribution is -0.0967. The number of H-pyrrole nitrogens is 1. The molecule has 3 aromatic rings. The zero-order chi connectivity index (χ0) is 20.0. The molecule has 1 spiro atoms. The lowest BCUT2D eigenvalue weighted by Gasteiger charge is -2.44. The fourth-order valence-corrected chi connectivity index (χ4v) is 4.31. The summed E-state index contributed by atoms with van der Waals surface area (Å²) in [5.74, 6) is 0.697. The maximum absolute atomic E-state index is 13.0. The molecule has 0 aliphatic carbocycles.